The Hall–Kier alpha value is -2.82. The van der Waals surface area contributed by atoms with Crippen LogP contribution >= 0.6 is 0 Å². The largest absolute Gasteiger partial charge is 0.490 e. The molecule has 1 aromatic heterocycles. The molecule has 0 unspecified atom stereocenters. The second-order valence-corrected chi connectivity index (χ2v) is 5.92. The first kappa shape index (κ1) is 17.0. The molecule has 0 saturated carbocycles. The number of benzene rings is 2. The highest BCUT2D eigenvalue weighted by atomic mass is 16.6. The first-order valence-corrected chi connectivity index (χ1v) is 8.55. The van der Waals surface area contributed by atoms with Gasteiger partial charge in [-0.2, -0.15) is 0 Å². The summed E-state index contributed by atoms with van der Waals surface area (Å²) in [6.45, 7) is 6.37. The zero-order valence-corrected chi connectivity index (χ0v) is 14.8. The number of nitrogens with zero attached hydrogens (tertiary/aromatic N) is 1. The van der Waals surface area contributed by atoms with E-state index in [-0.39, 0.29) is 5.97 Å². The summed E-state index contributed by atoms with van der Waals surface area (Å²) in [5.74, 6) is 1.49. The van der Waals surface area contributed by atoms with Crippen LogP contribution in [0, 0.1) is 6.92 Å². The molecule has 5 nitrogen and oxygen atoms in total. The summed E-state index contributed by atoms with van der Waals surface area (Å²) in [4.78, 5) is 19.7. The third kappa shape index (κ3) is 3.82. The number of ether oxygens (including phenoxy) is 2. The normalized spacial score (nSPS) is 10.8. The van der Waals surface area contributed by atoms with Crippen LogP contribution in [-0.4, -0.2) is 22.5 Å². The molecule has 0 aliphatic carbocycles. The van der Waals surface area contributed by atoms with E-state index in [0.717, 1.165) is 28.8 Å². The van der Waals surface area contributed by atoms with Crippen LogP contribution < -0.4 is 9.47 Å². The summed E-state index contributed by atoms with van der Waals surface area (Å²) in [5.41, 5.74) is 3.96. The number of H-pyrrole nitrogens is 1. The van der Waals surface area contributed by atoms with E-state index in [9.17, 15) is 4.79 Å². The van der Waals surface area contributed by atoms with Gasteiger partial charge < -0.3 is 14.5 Å². The molecule has 5 heteroatoms. The molecule has 1 heterocycles. The molecule has 3 aromatic rings. The third-order valence-corrected chi connectivity index (χ3v) is 3.83. The van der Waals surface area contributed by atoms with E-state index in [1.54, 1.807) is 6.07 Å². The van der Waals surface area contributed by atoms with Gasteiger partial charge in [0.25, 0.3) is 0 Å². The Morgan fingerprint density at radius 2 is 1.96 bits per heavy atom. The molecule has 0 atom stereocenters. The first-order valence-electron chi connectivity index (χ1n) is 8.55. The van der Waals surface area contributed by atoms with Crippen molar-refractivity contribution in [1.29, 1.82) is 0 Å². The van der Waals surface area contributed by atoms with Crippen molar-refractivity contribution in [3.05, 3.63) is 42.0 Å². The van der Waals surface area contributed by atoms with Crippen molar-refractivity contribution in [2.75, 3.05) is 6.61 Å². The smallest absolute Gasteiger partial charge is 0.311 e. The van der Waals surface area contributed by atoms with Gasteiger partial charge in [-0.3, -0.25) is 4.79 Å². The summed E-state index contributed by atoms with van der Waals surface area (Å²) in [6.07, 6.45) is 1.13. The molecule has 0 radical (unpaired) electrons. The number of fused-ring (bicyclic) bond motifs is 1. The number of rotatable bonds is 6. The topological polar surface area (TPSA) is 64.2 Å². The zero-order chi connectivity index (χ0) is 17.8. The number of imidazole rings is 1. The lowest BCUT2D eigenvalue weighted by Crippen LogP contribution is -2.08. The van der Waals surface area contributed by atoms with Crippen LogP contribution in [-0.2, 0) is 4.79 Å². The number of carbonyl (C=O) groups is 1. The second kappa shape index (κ2) is 7.38. The Labute approximate surface area is 147 Å². The molecule has 3 rings (SSSR count). The maximum absolute atomic E-state index is 11.8. The number of nitrogens with one attached hydrogen (secondary N) is 1. The minimum absolute atomic E-state index is 0.254. The third-order valence-electron chi connectivity index (χ3n) is 3.83. The molecule has 25 heavy (non-hydrogen) atoms. The maximum Gasteiger partial charge on any atom is 0.311 e. The number of aromatic nitrogens is 2. The minimum Gasteiger partial charge on any atom is -0.490 e. The van der Waals surface area contributed by atoms with E-state index in [1.807, 2.05) is 45.0 Å². The summed E-state index contributed by atoms with van der Waals surface area (Å²) >= 11 is 0. The monoisotopic (exact) mass is 338 g/mol. The summed E-state index contributed by atoms with van der Waals surface area (Å²) in [7, 11) is 0. The van der Waals surface area contributed by atoms with Gasteiger partial charge in [0.15, 0.2) is 11.5 Å². The van der Waals surface area contributed by atoms with Crippen LogP contribution in [0.3, 0.4) is 0 Å². The molecule has 0 fully saturated rings. The van der Waals surface area contributed by atoms with E-state index in [0.29, 0.717) is 24.5 Å². The van der Waals surface area contributed by atoms with E-state index in [1.165, 1.54) is 5.56 Å². The van der Waals surface area contributed by atoms with Gasteiger partial charge in [-0.15, -0.1) is 0 Å². The number of carbonyl (C=O) groups excluding carboxylic acids is 1. The van der Waals surface area contributed by atoms with Crippen molar-refractivity contribution in [3.8, 4) is 22.9 Å². The average Bonchev–Trinajstić information content (AvgIpc) is 3.00. The molecule has 0 aliphatic rings. The Kier molecular flexibility index (Phi) is 5.03. The van der Waals surface area contributed by atoms with Crippen molar-refractivity contribution in [1.82, 2.24) is 9.97 Å². The second-order valence-electron chi connectivity index (χ2n) is 5.92. The fraction of sp³-hybridized carbons (Fsp3) is 0.300. The Morgan fingerprint density at radius 1 is 1.12 bits per heavy atom. The van der Waals surface area contributed by atoms with Gasteiger partial charge in [-0.25, -0.2) is 4.98 Å². The number of hydrogen-bond donors (Lipinski definition) is 1. The molecule has 0 saturated heterocycles. The van der Waals surface area contributed by atoms with Crippen LogP contribution in [0.4, 0.5) is 0 Å². The molecule has 1 N–H and O–H groups in total. The highest BCUT2D eigenvalue weighted by Gasteiger charge is 2.13. The standard InChI is InChI=1S/C20H22N2O3/c1-4-6-19(23)25-17-10-8-14(12-18(17)24-5-2)20-21-15-9-7-13(3)11-16(15)22-20/h7-12H,4-6H2,1-3H3,(H,21,22). The number of esters is 1. The SMILES string of the molecule is CCCC(=O)Oc1ccc(-c2nc3ccc(C)cc3[nH]2)cc1OCC. The Bertz CT molecular complexity index is 899. The number of aryl methyl sites for hydroxylation is 1. The molecule has 0 spiro atoms. The van der Waals surface area contributed by atoms with Gasteiger partial charge in [-0.05, 0) is 56.2 Å². The molecular formula is C20H22N2O3. The Balaban J connectivity index is 1.95. The van der Waals surface area contributed by atoms with Crippen molar-refractivity contribution >= 4 is 17.0 Å². The molecular weight excluding hydrogens is 316 g/mol. The van der Waals surface area contributed by atoms with Gasteiger partial charge in [-0.1, -0.05) is 13.0 Å². The van der Waals surface area contributed by atoms with E-state index in [2.05, 4.69) is 16.0 Å². The fourth-order valence-electron chi connectivity index (χ4n) is 2.65. The van der Waals surface area contributed by atoms with Crippen LogP contribution in [0.25, 0.3) is 22.4 Å². The molecule has 0 aliphatic heterocycles. The minimum atomic E-state index is -0.254. The van der Waals surface area contributed by atoms with Crippen molar-refractivity contribution < 1.29 is 14.3 Å². The van der Waals surface area contributed by atoms with E-state index < -0.39 is 0 Å². The van der Waals surface area contributed by atoms with Crippen LogP contribution in [0.2, 0.25) is 0 Å². The average molecular weight is 338 g/mol. The van der Waals surface area contributed by atoms with Crippen molar-refractivity contribution in [2.45, 2.75) is 33.6 Å². The van der Waals surface area contributed by atoms with Gasteiger partial charge in [0, 0.05) is 12.0 Å². The predicted molar refractivity (Wildman–Crippen MR) is 98.0 cm³/mol. The van der Waals surface area contributed by atoms with E-state index >= 15 is 0 Å². The van der Waals surface area contributed by atoms with Gasteiger partial charge in [0.1, 0.15) is 5.82 Å². The maximum atomic E-state index is 11.8. The number of aromatic amines is 1. The Morgan fingerprint density at radius 3 is 2.72 bits per heavy atom. The summed E-state index contributed by atoms with van der Waals surface area (Å²) in [5, 5.41) is 0. The fourth-order valence-corrected chi connectivity index (χ4v) is 2.65. The van der Waals surface area contributed by atoms with Crippen molar-refractivity contribution in [3.63, 3.8) is 0 Å². The number of hydrogen-bond acceptors (Lipinski definition) is 4. The van der Waals surface area contributed by atoms with Crippen LogP contribution in [0.5, 0.6) is 11.5 Å². The summed E-state index contributed by atoms with van der Waals surface area (Å²) < 4.78 is 11.1. The van der Waals surface area contributed by atoms with Gasteiger partial charge in [0.05, 0.1) is 17.6 Å². The van der Waals surface area contributed by atoms with Crippen LogP contribution in [0.15, 0.2) is 36.4 Å². The van der Waals surface area contributed by atoms with Crippen molar-refractivity contribution in [2.24, 2.45) is 0 Å². The molecule has 0 bridgehead atoms. The van der Waals surface area contributed by atoms with Crippen LogP contribution in [0.1, 0.15) is 32.3 Å². The lowest BCUT2D eigenvalue weighted by Gasteiger charge is -2.11. The summed E-state index contributed by atoms with van der Waals surface area (Å²) in [6, 6.07) is 11.6. The first-order chi connectivity index (χ1) is 12.1. The van der Waals surface area contributed by atoms with E-state index in [4.69, 9.17) is 9.47 Å². The lowest BCUT2D eigenvalue weighted by atomic mass is 10.2. The van der Waals surface area contributed by atoms with Gasteiger partial charge in [0.2, 0.25) is 0 Å². The quantitative estimate of drug-likeness (QED) is 0.525. The lowest BCUT2D eigenvalue weighted by molar-refractivity contribution is -0.134. The zero-order valence-electron chi connectivity index (χ0n) is 14.8. The molecule has 2 aromatic carbocycles. The molecule has 0 amide bonds. The highest BCUT2D eigenvalue weighted by Crippen LogP contribution is 2.33. The highest BCUT2D eigenvalue weighted by molar-refractivity contribution is 5.80. The van der Waals surface area contributed by atoms with Gasteiger partial charge >= 0.3 is 5.97 Å². The predicted octanol–water partition coefficient (Wildman–Crippen LogP) is 4.64. The molecule has 130 valence electrons.